The van der Waals surface area contributed by atoms with Crippen molar-refractivity contribution in [1.29, 1.82) is 0 Å². The van der Waals surface area contributed by atoms with E-state index in [2.05, 4.69) is 15.2 Å². The number of aromatic nitrogens is 2. The number of halogens is 1. The fourth-order valence-electron chi connectivity index (χ4n) is 3.14. The number of thioether (sulfide) groups is 1. The highest BCUT2D eigenvalue weighted by Crippen LogP contribution is 2.25. The van der Waals surface area contributed by atoms with Crippen molar-refractivity contribution in [2.45, 2.75) is 18.6 Å². The van der Waals surface area contributed by atoms with E-state index in [0.717, 1.165) is 19.6 Å². The average Bonchev–Trinajstić information content (AvgIpc) is 3.10. The number of hydrogen-bond donors (Lipinski definition) is 1. The molecule has 0 radical (unpaired) electrons. The fourth-order valence-corrected chi connectivity index (χ4v) is 3.85. The van der Waals surface area contributed by atoms with E-state index >= 15 is 0 Å². The van der Waals surface area contributed by atoms with Gasteiger partial charge in [-0.05, 0) is 37.4 Å². The molecule has 0 unspecified atom stereocenters. The van der Waals surface area contributed by atoms with E-state index in [-0.39, 0.29) is 24.0 Å². The number of carbonyl (C=O) groups is 2. The standard InChI is InChI=1S/C20H25ClN4O4S/c1-3-29-19(27)16-17(22-18(26)14-4-6-15(21)7-5-14)23-20(30-2)25(16)9-8-24-10-12-28-13-11-24/h4-7H,3,8-13H2,1-2H3,(H,22,26). The Hall–Kier alpha value is -2.07. The van der Waals surface area contributed by atoms with E-state index in [1.54, 1.807) is 31.2 Å². The number of esters is 1. The molecule has 2 heterocycles. The maximum absolute atomic E-state index is 12.7. The van der Waals surface area contributed by atoms with Gasteiger partial charge in [-0.2, -0.15) is 0 Å². The third-order valence-corrected chi connectivity index (χ3v) is 5.59. The second kappa shape index (κ2) is 10.8. The molecular formula is C20H25ClN4O4S. The maximum Gasteiger partial charge on any atom is 0.358 e. The molecule has 1 amide bonds. The number of carbonyl (C=O) groups excluding carboxylic acids is 2. The SMILES string of the molecule is CCOC(=O)c1c(NC(=O)c2ccc(Cl)cc2)nc(SC)n1CCN1CCOCC1. The first-order valence-electron chi connectivity index (χ1n) is 9.72. The van der Waals surface area contributed by atoms with Crippen LogP contribution in [0, 0.1) is 0 Å². The molecule has 1 saturated heterocycles. The molecule has 1 N–H and O–H groups in total. The molecule has 10 heteroatoms. The van der Waals surface area contributed by atoms with Crippen LogP contribution in [0.25, 0.3) is 0 Å². The quantitative estimate of drug-likeness (QED) is 0.486. The number of imidazole rings is 1. The monoisotopic (exact) mass is 452 g/mol. The van der Waals surface area contributed by atoms with Crippen LogP contribution in [-0.4, -0.2) is 72.0 Å². The Morgan fingerprint density at radius 1 is 1.23 bits per heavy atom. The molecule has 1 aromatic carbocycles. The number of nitrogens with zero attached hydrogens (tertiary/aromatic N) is 3. The third-order valence-electron chi connectivity index (χ3n) is 4.67. The van der Waals surface area contributed by atoms with Crippen molar-refractivity contribution in [3.63, 3.8) is 0 Å². The summed E-state index contributed by atoms with van der Waals surface area (Å²) in [5.74, 6) is -0.693. The van der Waals surface area contributed by atoms with Crippen LogP contribution in [-0.2, 0) is 16.0 Å². The largest absolute Gasteiger partial charge is 0.461 e. The van der Waals surface area contributed by atoms with E-state index in [4.69, 9.17) is 21.1 Å². The molecule has 30 heavy (non-hydrogen) atoms. The summed E-state index contributed by atoms with van der Waals surface area (Å²) in [5, 5.41) is 3.93. The van der Waals surface area contributed by atoms with Crippen LogP contribution >= 0.6 is 23.4 Å². The number of anilines is 1. The first kappa shape index (κ1) is 22.6. The minimum absolute atomic E-state index is 0.194. The van der Waals surface area contributed by atoms with E-state index in [9.17, 15) is 9.59 Å². The Bertz CT molecular complexity index is 882. The number of ether oxygens (including phenoxy) is 2. The van der Waals surface area contributed by atoms with Crippen molar-refractivity contribution in [3.05, 3.63) is 40.5 Å². The second-order valence-electron chi connectivity index (χ2n) is 6.58. The van der Waals surface area contributed by atoms with E-state index in [1.165, 1.54) is 11.8 Å². The summed E-state index contributed by atoms with van der Waals surface area (Å²) in [4.78, 5) is 32.2. The lowest BCUT2D eigenvalue weighted by molar-refractivity contribution is 0.0354. The zero-order valence-electron chi connectivity index (χ0n) is 17.0. The molecular weight excluding hydrogens is 428 g/mol. The van der Waals surface area contributed by atoms with Crippen LogP contribution in [0.2, 0.25) is 5.02 Å². The minimum atomic E-state index is -0.515. The van der Waals surface area contributed by atoms with E-state index in [0.29, 0.717) is 35.5 Å². The van der Waals surface area contributed by atoms with Crippen LogP contribution < -0.4 is 5.32 Å². The highest BCUT2D eigenvalue weighted by molar-refractivity contribution is 7.98. The Morgan fingerprint density at radius 3 is 2.57 bits per heavy atom. The molecule has 3 rings (SSSR count). The first-order valence-corrected chi connectivity index (χ1v) is 11.3. The summed E-state index contributed by atoms with van der Waals surface area (Å²) in [6.07, 6.45) is 1.88. The van der Waals surface area contributed by atoms with Crippen LogP contribution in [0.15, 0.2) is 29.4 Å². The van der Waals surface area contributed by atoms with Gasteiger partial charge in [0.25, 0.3) is 5.91 Å². The predicted molar refractivity (Wildman–Crippen MR) is 117 cm³/mol. The van der Waals surface area contributed by atoms with Crippen molar-refractivity contribution in [2.24, 2.45) is 0 Å². The lowest BCUT2D eigenvalue weighted by atomic mass is 10.2. The lowest BCUT2D eigenvalue weighted by Gasteiger charge is -2.27. The van der Waals surface area contributed by atoms with Gasteiger partial charge in [-0.3, -0.25) is 9.69 Å². The summed E-state index contributed by atoms with van der Waals surface area (Å²) < 4.78 is 12.5. The molecule has 0 aliphatic carbocycles. The molecule has 1 aromatic heterocycles. The molecule has 1 fully saturated rings. The Morgan fingerprint density at radius 2 is 1.93 bits per heavy atom. The number of nitrogens with one attached hydrogen (secondary N) is 1. The lowest BCUT2D eigenvalue weighted by Crippen LogP contribution is -2.38. The van der Waals surface area contributed by atoms with Crippen LogP contribution in [0.4, 0.5) is 5.82 Å². The molecule has 0 bridgehead atoms. The van der Waals surface area contributed by atoms with Crippen molar-refractivity contribution >= 4 is 41.1 Å². The van der Waals surface area contributed by atoms with E-state index in [1.807, 2.05) is 10.8 Å². The average molecular weight is 453 g/mol. The zero-order chi connectivity index (χ0) is 21.5. The van der Waals surface area contributed by atoms with Crippen molar-refractivity contribution in [2.75, 3.05) is 51.0 Å². The molecule has 8 nitrogen and oxygen atoms in total. The van der Waals surface area contributed by atoms with Crippen molar-refractivity contribution < 1.29 is 19.1 Å². The molecule has 1 aliphatic rings. The second-order valence-corrected chi connectivity index (χ2v) is 7.79. The van der Waals surface area contributed by atoms with Crippen LogP contribution in [0.1, 0.15) is 27.8 Å². The highest BCUT2D eigenvalue weighted by atomic mass is 35.5. The number of rotatable bonds is 8. The van der Waals surface area contributed by atoms with Crippen molar-refractivity contribution in [3.8, 4) is 0 Å². The van der Waals surface area contributed by atoms with Gasteiger partial charge in [0.2, 0.25) is 0 Å². The summed E-state index contributed by atoms with van der Waals surface area (Å²) in [6, 6.07) is 6.51. The molecule has 0 saturated carbocycles. The highest BCUT2D eigenvalue weighted by Gasteiger charge is 2.26. The summed E-state index contributed by atoms with van der Waals surface area (Å²) in [5.41, 5.74) is 0.666. The van der Waals surface area contributed by atoms with Gasteiger partial charge >= 0.3 is 5.97 Å². The smallest absolute Gasteiger partial charge is 0.358 e. The van der Waals surface area contributed by atoms with Crippen LogP contribution in [0.5, 0.6) is 0 Å². The Balaban J connectivity index is 1.87. The molecule has 0 spiro atoms. The Labute approximate surface area is 184 Å². The number of amides is 1. The van der Waals surface area contributed by atoms with Gasteiger partial charge < -0.3 is 19.4 Å². The van der Waals surface area contributed by atoms with Gasteiger partial charge in [0.15, 0.2) is 16.7 Å². The predicted octanol–water partition coefficient (Wildman–Crippen LogP) is 3.02. The van der Waals surface area contributed by atoms with E-state index < -0.39 is 5.97 Å². The van der Waals surface area contributed by atoms with Gasteiger partial charge in [0, 0.05) is 36.8 Å². The molecule has 0 atom stereocenters. The topological polar surface area (TPSA) is 85.7 Å². The van der Waals surface area contributed by atoms with Gasteiger partial charge in [-0.15, -0.1) is 0 Å². The van der Waals surface area contributed by atoms with Gasteiger partial charge in [-0.1, -0.05) is 23.4 Å². The maximum atomic E-state index is 12.7. The van der Waals surface area contributed by atoms with Gasteiger partial charge in [0.1, 0.15) is 0 Å². The van der Waals surface area contributed by atoms with Crippen LogP contribution in [0.3, 0.4) is 0 Å². The molecule has 1 aliphatic heterocycles. The van der Waals surface area contributed by atoms with Gasteiger partial charge in [0.05, 0.1) is 19.8 Å². The number of hydrogen-bond acceptors (Lipinski definition) is 7. The van der Waals surface area contributed by atoms with Crippen molar-refractivity contribution in [1.82, 2.24) is 14.5 Å². The summed E-state index contributed by atoms with van der Waals surface area (Å²) in [7, 11) is 0. The Kier molecular flexibility index (Phi) is 8.15. The normalized spacial score (nSPS) is 14.5. The number of benzene rings is 1. The zero-order valence-corrected chi connectivity index (χ0v) is 18.6. The minimum Gasteiger partial charge on any atom is -0.461 e. The van der Waals surface area contributed by atoms with Gasteiger partial charge in [-0.25, -0.2) is 9.78 Å². The number of morpholine rings is 1. The molecule has 2 aromatic rings. The summed E-state index contributed by atoms with van der Waals surface area (Å²) >= 11 is 7.31. The summed E-state index contributed by atoms with van der Waals surface area (Å²) in [6.45, 7) is 6.36. The third kappa shape index (κ3) is 5.54. The fraction of sp³-hybridized carbons (Fsp3) is 0.450. The molecule has 162 valence electrons. The first-order chi connectivity index (χ1) is 14.5.